The summed E-state index contributed by atoms with van der Waals surface area (Å²) in [5.41, 5.74) is 0. The monoisotopic (exact) mass is 786 g/mol. The van der Waals surface area contributed by atoms with Gasteiger partial charge in [-0.1, -0.05) is 101 Å². The van der Waals surface area contributed by atoms with Gasteiger partial charge < -0.3 is 30.5 Å². The molecule has 56 heavy (non-hydrogen) atoms. The molecule has 320 valence electrons. The Hall–Kier alpha value is -2.86. The van der Waals surface area contributed by atoms with E-state index in [4.69, 9.17) is 4.74 Å². The molecule has 10 heteroatoms. The zero-order valence-electron chi connectivity index (χ0n) is 35.4. The van der Waals surface area contributed by atoms with Gasteiger partial charge in [-0.2, -0.15) is 0 Å². The van der Waals surface area contributed by atoms with Crippen LogP contribution in [-0.2, 0) is 14.3 Å². The first-order valence-corrected chi connectivity index (χ1v) is 21.7. The topological polar surface area (TPSA) is 143 Å². The third kappa shape index (κ3) is 26.9. The Bertz CT molecular complexity index is 1160. The van der Waals surface area contributed by atoms with Crippen LogP contribution >= 0.6 is 0 Å². The van der Waals surface area contributed by atoms with Gasteiger partial charge in [0, 0.05) is 26.2 Å². The molecule has 0 bridgehead atoms. The number of rotatable bonds is 34. The van der Waals surface area contributed by atoms with E-state index in [1.165, 1.54) is 0 Å². The second kappa shape index (κ2) is 34.2. The van der Waals surface area contributed by atoms with Crippen molar-refractivity contribution in [2.24, 2.45) is 0 Å². The lowest BCUT2D eigenvalue weighted by Gasteiger charge is -2.30. The molecule has 0 saturated carbocycles. The summed E-state index contributed by atoms with van der Waals surface area (Å²) in [7, 11) is 0. The highest BCUT2D eigenvalue weighted by molar-refractivity contribution is 5.92. The molecule has 0 aromatic carbocycles. The summed E-state index contributed by atoms with van der Waals surface area (Å²) in [6.45, 7) is 11.4. The number of aliphatic hydroxyl groups excluding tert-OH is 4. The Morgan fingerprint density at radius 2 is 0.893 bits per heavy atom. The molecule has 5 N–H and O–H groups in total. The van der Waals surface area contributed by atoms with Crippen LogP contribution in [0.2, 0.25) is 0 Å². The zero-order valence-corrected chi connectivity index (χ0v) is 35.4. The summed E-state index contributed by atoms with van der Waals surface area (Å²) in [6, 6.07) is -0.685. The molecule has 1 fully saturated rings. The number of nitrogens with one attached hydrogen (secondary N) is 1. The van der Waals surface area contributed by atoms with Crippen LogP contribution in [0.1, 0.15) is 130 Å². The minimum absolute atomic E-state index is 0.271. The molecule has 0 aliphatic carbocycles. The van der Waals surface area contributed by atoms with Crippen molar-refractivity contribution in [3.63, 3.8) is 0 Å². The van der Waals surface area contributed by atoms with E-state index in [0.29, 0.717) is 90.6 Å². The van der Waals surface area contributed by atoms with E-state index < -0.39 is 42.5 Å². The second-order valence-corrected chi connectivity index (χ2v) is 15.0. The van der Waals surface area contributed by atoms with Gasteiger partial charge in [-0.05, 0) is 116 Å². The van der Waals surface area contributed by atoms with Crippen LogP contribution in [0.4, 0.5) is 0 Å². The average Bonchev–Trinajstić information content (AvgIpc) is 3.16. The maximum Gasteiger partial charge on any atom is 0.329 e. The normalized spacial score (nSPS) is 19.2. The molecule has 0 radical (unpaired) electrons. The van der Waals surface area contributed by atoms with Crippen LogP contribution in [0.25, 0.3) is 0 Å². The summed E-state index contributed by atoms with van der Waals surface area (Å²) in [5.74, 6) is -0.681. The van der Waals surface area contributed by atoms with Gasteiger partial charge in [0.05, 0.1) is 24.4 Å². The van der Waals surface area contributed by atoms with E-state index >= 15 is 0 Å². The number of hydrogen-bond acceptors (Lipinski definition) is 9. The van der Waals surface area contributed by atoms with Gasteiger partial charge in [0.1, 0.15) is 6.04 Å². The molecule has 0 spiro atoms. The minimum Gasteiger partial charge on any atom is -0.451 e. The highest BCUT2D eigenvalue weighted by atomic mass is 16.6. The van der Waals surface area contributed by atoms with Crippen molar-refractivity contribution in [1.29, 1.82) is 0 Å². The fraction of sp³-hybridized carbons (Fsp3) is 0.696. The smallest absolute Gasteiger partial charge is 0.329 e. The predicted molar refractivity (Wildman–Crippen MR) is 230 cm³/mol. The van der Waals surface area contributed by atoms with Crippen LogP contribution in [0, 0.1) is 0 Å². The van der Waals surface area contributed by atoms with E-state index in [9.17, 15) is 30.0 Å². The van der Waals surface area contributed by atoms with Crippen molar-refractivity contribution in [2.45, 2.75) is 167 Å². The van der Waals surface area contributed by atoms with E-state index in [2.05, 4.69) is 73.2 Å². The van der Waals surface area contributed by atoms with Crippen molar-refractivity contribution < 1.29 is 34.8 Å². The van der Waals surface area contributed by atoms with Crippen LogP contribution in [0.5, 0.6) is 0 Å². The number of morpholine rings is 1. The molecule has 1 saturated heterocycles. The number of cyclic esters (lactones) is 1. The highest BCUT2D eigenvalue weighted by Gasteiger charge is 2.35. The maximum atomic E-state index is 13.0. The van der Waals surface area contributed by atoms with Crippen LogP contribution in [0.15, 0.2) is 72.9 Å². The molecular formula is C46H79N3O7. The number of ether oxygens (including phenoxy) is 1. The van der Waals surface area contributed by atoms with Crippen molar-refractivity contribution in [3.8, 4) is 0 Å². The van der Waals surface area contributed by atoms with E-state index in [1.54, 1.807) is 0 Å². The Kier molecular flexibility index (Phi) is 31.2. The first kappa shape index (κ1) is 51.2. The number of amides is 1. The third-order valence-corrected chi connectivity index (χ3v) is 9.56. The highest BCUT2D eigenvalue weighted by Crippen LogP contribution is 2.17. The molecule has 0 aromatic rings. The third-order valence-electron chi connectivity index (χ3n) is 9.56. The fourth-order valence-corrected chi connectivity index (χ4v) is 6.55. The van der Waals surface area contributed by atoms with Gasteiger partial charge in [0.15, 0.2) is 6.10 Å². The Labute approximate surface area is 340 Å². The SMILES string of the molecule is CC/C=C\C/C=C\C/C=C\CC(O)CN(CCCCC1OC(=O)C(CCCCN(CC(O)C/C=C\CC)CC(O)C/C=C\CC)NC1=O)CC(O)C/C=C\CC. The number of hydrogen-bond donors (Lipinski definition) is 5. The molecule has 6 unspecified atom stereocenters. The van der Waals surface area contributed by atoms with Gasteiger partial charge in [0.2, 0.25) is 0 Å². The zero-order chi connectivity index (χ0) is 41.2. The Balaban J connectivity index is 2.58. The molecule has 10 nitrogen and oxygen atoms in total. The molecular weight excluding hydrogens is 707 g/mol. The fourth-order valence-electron chi connectivity index (χ4n) is 6.55. The average molecular weight is 786 g/mol. The van der Waals surface area contributed by atoms with E-state index in [-0.39, 0.29) is 5.91 Å². The van der Waals surface area contributed by atoms with Crippen LogP contribution < -0.4 is 5.32 Å². The lowest BCUT2D eigenvalue weighted by molar-refractivity contribution is -0.166. The molecule has 1 rings (SSSR count). The van der Waals surface area contributed by atoms with Gasteiger partial charge in [-0.25, -0.2) is 4.79 Å². The van der Waals surface area contributed by atoms with Gasteiger partial charge in [-0.3, -0.25) is 14.6 Å². The Morgan fingerprint density at radius 3 is 1.32 bits per heavy atom. The largest absolute Gasteiger partial charge is 0.451 e. The van der Waals surface area contributed by atoms with Crippen LogP contribution in [-0.4, -0.2) is 118 Å². The minimum atomic E-state index is -0.827. The number of esters is 1. The van der Waals surface area contributed by atoms with E-state index in [1.807, 2.05) is 42.5 Å². The predicted octanol–water partition coefficient (Wildman–Crippen LogP) is 7.10. The van der Waals surface area contributed by atoms with Crippen molar-refractivity contribution in [1.82, 2.24) is 15.1 Å². The van der Waals surface area contributed by atoms with Crippen molar-refractivity contribution >= 4 is 11.9 Å². The number of carbonyl (C=O) groups is 2. The number of unbranched alkanes of at least 4 members (excludes halogenated alkanes) is 2. The number of allylic oxidation sites excluding steroid dienone is 8. The molecule has 6 atom stereocenters. The van der Waals surface area contributed by atoms with Crippen molar-refractivity contribution in [3.05, 3.63) is 72.9 Å². The van der Waals surface area contributed by atoms with Crippen molar-refractivity contribution in [2.75, 3.05) is 39.3 Å². The standard InChI is InChI=1S/C46H79N3O7/c1-5-9-13-14-15-16-17-18-22-30-42(53)38-49(37-41(52)29-21-12-8-4)34-26-24-32-44-45(54)47-43(46(55)56-44)31-23-25-33-48(35-39(50)27-19-10-6-2)36-40(51)28-20-11-7-3/h9-13,15-16,18-22,39-44,50-53H,5-8,14,17,23-38H2,1-4H3,(H,47,54)/b13-9-,16-15-,19-10-,20-11-,21-12-,22-18-. The van der Waals surface area contributed by atoms with Gasteiger partial charge in [-0.15, -0.1) is 0 Å². The maximum absolute atomic E-state index is 13.0. The second-order valence-electron chi connectivity index (χ2n) is 15.0. The number of nitrogens with zero attached hydrogens (tertiary/aromatic N) is 2. The molecule has 1 heterocycles. The number of aliphatic hydroxyl groups is 4. The summed E-state index contributed by atoms with van der Waals surface area (Å²) in [5, 5.41) is 45.5. The lowest BCUT2D eigenvalue weighted by atomic mass is 10.0. The quantitative estimate of drug-likeness (QED) is 0.0262. The summed E-state index contributed by atoms with van der Waals surface area (Å²) in [6.07, 6.45) is 33.2. The Morgan fingerprint density at radius 1 is 0.536 bits per heavy atom. The van der Waals surface area contributed by atoms with E-state index in [0.717, 1.165) is 51.4 Å². The van der Waals surface area contributed by atoms with Gasteiger partial charge in [0.25, 0.3) is 5.91 Å². The summed E-state index contributed by atoms with van der Waals surface area (Å²) in [4.78, 5) is 30.0. The first-order chi connectivity index (χ1) is 27.1. The van der Waals surface area contributed by atoms with Crippen LogP contribution in [0.3, 0.4) is 0 Å². The summed E-state index contributed by atoms with van der Waals surface area (Å²) < 4.78 is 5.62. The molecule has 1 amide bonds. The molecule has 1 aliphatic rings. The number of carbonyl (C=O) groups excluding carboxylic acids is 2. The first-order valence-electron chi connectivity index (χ1n) is 21.7. The lowest BCUT2D eigenvalue weighted by Crippen LogP contribution is -2.54. The van der Waals surface area contributed by atoms with Gasteiger partial charge >= 0.3 is 5.97 Å². The molecule has 1 aliphatic heterocycles. The molecule has 0 aromatic heterocycles. The summed E-state index contributed by atoms with van der Waals surface area (Å²) >= 11 is 0.